The topological polar surface area (TPSA) is 112 Å². The van der Waals surface area contributed by atoms with Gasteiger partial charge in [-0.05, 0) is 31.1 Å². The van der Waals surface area contributed by atoms with E-state index in [0.717, 1.165) is 17.0 Å². The Labute approximate surface area is 143 Å². The van der Waals surface area contributed by atoms with Crippen molar-refractivity contribution in [1.29, 1.82) is 0 Å². The Hall–Kier alpha value is -2.26. The van der Waals surface area contributed by atoms with Gasteiger partial charge in [0.2, 0.25) is 5.91 Å². The van der Waals surface area contributed by atoms with Crippen molar-refractivity contribution in [2.24, 2.45) is 5.92 Å². The van der Waals surface area contributed by atoms with Gasteiger partial charge < -0.3 is 15.1 Å². The molecule has 2 aliphatic rings. The van der Waals surface area contributed by atoms with Crippen LogP contribution < -0.4 is 0 Å². The molecule has 0 aromatic heterocycles. The van der Waals surface area contributed by atoms with Crippen molar-refractivity contribution in [3.8, 4) is 0 Å². The molecule has 2 aliphatic heterocycles. The first-order chi connectivity index (χ1) is 11.6. The fraction of sp³-hybridized carbons (Fsp3) is 0.375. The molecule has 0 radical (unpaired) electrons. The van der Waals surface area contributed by atoms with Crippen molar-refractivity contribution < 1.29 is 32.6 Å². The molecular formula is C16H16FNO6S. The van der Waals surface area contributed by atoms with E-state index < -0.39 is 56.2 Å². The predicted octanol–water partition coefficient (Wildman–Crippen LogP) is 0.550. The third kappa shape index (κ3) is 2.73. The van der Waals surface area contributed by atoms with Gasteiger partial charge in [-0.3, -0.25) is 4.79 Å². The minimum absolute atomic E-state index is 0.0244. The van der Waals surface area contributed by atoms with E-state index in [0.29, 0.717) is 0 Å². The lowest BCUT2D eigenvalue weighted by Crippen LogP contribution is -2.61. The third-order valence-electron chi connectivity index (χ3n) is 4.56. The van der Waals surface area contributed by atoms with Gasteiger partial charge in [0.1, 0.15) is 16.4 Å². The maximum Gasteiger partial charge on any atom is 0.352 e. The summed E-state index contributed by atoms with van der Waals surface area (Å²) in [6.45, 7) is 1.43. The first-order valence-corrected chi connectivity index (χ1v) is 9.24. The molecule has 134 valence electrons. The van der Waals surface area contributed by atoms with E-state index in [1.165, 1.54) is 19.1 Å². The van der Waals surface area contributed by atoms with E-state index in [-0.39, 0.29) is 17.7 Å². The molecule has 9 heteroatoms. The molecule has 2 N–H and O–H groups in total. The minimum atomic E-state index is -4.11. The number of benzene rings is 1. The molecule has 0 saturated carbocycles. The maximum atomic E-state index is 13.8. The number of sulfone groups is 1. The van der Waals surface area contributed by atoms with E-state index in [1.807, 2.05) is 0 Å². The number of hydrogen-bond donors (Lipinski definition) is 2. The van der Waals surface area contributed by atoms with Gasteiger partial charge >= 0.3 is 5.97 Å². The number of carbonyl (C=O) groups excluding carboxylic acids is 1. The highest BCUT2D eigenvalue weighted by Crippen LogP contribution is 2.44. The van der Waals surface area contributed by atoms with Crippen molar-refractivity contribution in [1.82, 2.24) is 4.90 Å². The number of aliphatic hydroxyl groups excluding tert-OH is 1. The van der Waals surface area contributed by atoms with Gasteiger partial charge in [-0.25, -0.2) is 17.6 Å². The smallest absolute Gasteiger partial charge is 0.352 e. The zero-order valence-electron chi connectivity index (χ0n) is 13.2. The summed E-state index contributed by atoms with van der Waals surface area (Å²) in [5, 5.41) is 19.1. The molecule has 1 amide bonds. The molecule has 0 aliphatic carbocycles. The normalized spacial score (nSPS) is 24.1. The highest BCUT2D eigenvalue weighted by molar-refractivity contribution is 7.91. The molecule has 0 spiro atoms. The van der Waals surface area contributed by atoms with E-state index in [4.69, 9.17) is 0 Å². The van der Waals surface area contributed by atoms with Gasteiger partial charge in [-0.1, -0.05) is 12.1 Å². The number of aliphatic hydroxyl groups is 1. The summed E-state index contributed by atoms with van der Waals surface area (Å²) in [5.74, 6) is -4.33. The van der Waals surface area contributed by atoms with Crippen LogP contribution in [0, 0.1) is 11.7 Å². The molecular weight excluding hydrogens is 353 g/mol. The second-order valence-corrected chi connectivity index (χ2v) is 8.15. The molecule has 2 heterocycles. The van der Waals surface area contributed by atoms with Crippen molar-refractivity contribution >= 4 is 21.7 Å². The lowest BCUT2D eigenvalue weighted by molar-refractivity contribution is -0.161. The minimum Gasteiger partial charge on any atom is -0.477 e. The van der Waals surface area contributed by atoms with Crippen molar-refractivity contribution in [3.05, 3.63) is 41.4 Å². The molecule has 3 atom stereocenters. The van der Waals surface area contributed by atoms with Crippen LogP contribution in [0.5, 0.6) is 0 Å². The summed E-state index contributed by atoms with van der Waals surface area (Å²) in [6, 6.07) is 4.26. The maximum absolute atomic E-state index is 13.8. The number of carbonyl (C=O) groups is 2. The van der Waals surface area contributed by atoms with E-state index in [1.54, 1.807) is 0 Å². The number of nitrogens with zero attached hydrogens (tertiary/aromatic N) is 1. The molecule has 7 nitrogen and oxygen atoms in total. The Kier molecular flexibility index (Phi) is 4.16. The van der Waals surface area contributed by atoms with Crippen molar-refractivity contribution in [3.63, 3.8) is 0 Å². The molecule has 3 unspecified atom stereocenters. The van der Waals surface area contributed by atoms with Crippen LogP contribution in [-0.2, 0) is 19.4 Å². The van der Waals surface area contributed by atoms with Gasteiger partial charge in [0, 0.05) is 0 Å². The second-order valence-electron chi connectivity index (χ2n) is 6.19. The second kappa shape index (κ2) is 5.92. The monoisotopic (exact) mass is 369 g/mol. The van der Waals surface area contributed by atoms with Crippen LogP contribution in [0.15, 0.2) is 40.4 Å². The number of amides is 1. The van der Waals surface area contributed by atoms with Gasteiger partial charge in [-0.15, -0.1) is 0 Å². The summed E-state index contributed by atoms with van der Waals surface area (Å²) in [6.07, 6.45) is -0.942. The number of rotatable bonds is 5. The standard InChI is InChI=1S/C16H16FNO6S/c1-8(19)13-11-6-9(14(16(21)22)18(11)15(13)20)7-25(23,24)12-5-3-2-4-10(12)17/h2-5,8,11,13,19H,6-7H2,1H3,(H,21,22). The van der Waals surface area contributed by atoms with Gasteiger partial charge in [0.25, 0.3) is 0 Å². The predicted molar refractivity (Wildman–Crippen MR) is 83.5 cm³/mol. The van der Waals surface area contributed by atoms with E-state index in [9.17, 15) is 32.6 Å². The van der Waals surface area contributed by atoms with E-state index >= 15 is 0 Å². The Morgan fingerprint density at radius 2 is 2.04 bits per heavy atom. The first kappa shape index (κ1) is 17.6. The Morgan fingerprint density at radius 3 is 2.60 bits per heavy atom. The molecule has 1 aromatic carbocycles. The first-order valence-electron chi connectivity index (χ1n) is 7.59. The van der Waals surface area contributed by atoms with E-state index in [2.05, 4.69) is 0 Å². The SMILES string of the molecule is CC(O)C1C(=O)N2C(C(=O)O)=C(CS(=O)(=O)c3ccccc3F)CC12. The Balaban J connectivity index is 1.96. The summed E-state index contributed by atoms with van der Waals surface area (Å²) in [4.78, 5) is 24.1. The van der Waals surface area contributed by atoms with Crippen LogP contribution >= 0.6 is 0 Å². The number of carboxylic acid groups (broad SMARTS) is 1. The van der Waals surface area contributed by atoms with Crippen LogP contribution in [-0.4, -0.2) is 53.3 Å². The number of β-lactam (4-membered cyclic amide) rings is 1. The van der Waals surface area contributed by atoms with Crippen LogP contribution in [0.2, 0.25) is 0 Å². The summed E-state index contributed by atoms with van der Waals surface area (Å²) in [7, 11) is -4.11. The van der Waals surface area contributed by atoms with Crippen LogP contribution in [0.1, 0.15) is 13.3 Å². The molecule has 1 saturated heterocycles. The molecule has 25 heavy (non-hydrogen) atoms. The highest BCUT2D eigenvalue weighted by Gasteiger charge is 2.56. The number of carboxylic acids is 1. The fourth-order valence-corrected chi connectivity index (χ4v) is 5.01. The summed E-state index contributed by atoms with van der Waals surface area (Å²) in [5.41, 5.74) is -0.343. The van der Waals surface area contributed by atoms with Gasteiger partial charge in [-0.2, -0.15) is 0 Å². The number of aliphatic carboxylic acids is 1. The lowest BCUT2D eigenvalue weighted by Gasteiger charge is -2.44. The van der Waals surface area contributed by atoms with Gasteiger partial charge in [0.05, 0.1) is 23.8 Å². The summed E-state index contributed by atoms with van der Waals surface area (Å²) >= 11 is 0. The molecule has 0 bridgehead atoms. The quantitative estimate of drug-likeness (QED) is 0.733. The zero-order valence-corrected chi connectivity index (χ0v) is 14.0. The van der Waals surface area contributed by atoms with Crippen molar-refractivity contribution in [2.75, 3.05) is 5.75 Å². The largest absolute Gasteiger partial charge is 0.477 e. The third-order valence-corrected chi connectivity index (χ3v) is 6.29. The van der Waals surface area contributed by atoms with Crippen LogP contribution in [0.4, 0.5) is 4.39 Å². The van der Waals surface area contributed by atoms with Gasteiger partial charge in [0.15, 0.2) is 9.84 Å². The molecule has 3 rings (SSSR count). The average molecular weight is 369 g/mol. The summed E-state index contributed by atoms with van der Waals surface area (Å²) < 4.78 is 38.8. The lowest BCUT2D eigenvalue weighted by atomic mass is 9.83. The fourth-order valence-electron chi connectivity index (χ4n) is 3.49. The number of hydrogen-bond acceptors (Lipinski definition) is 5. The molecule has 1 aromatic rings. The Morgan fingerprint density at radius 1 is 1.40 bits per heavy atom. The highest BCUT2D eigenvalue weighted by atomic mass is 32.2. The number of fused-ring (bicyclic) bond motifs is 1. The molecule has 1 fully saturated rings. The Bertz CT molecular complexity index is 892. The van der Waals surface area contributed by atoms with Crippen molar-refractivity contribution in [2.45, 2.75) is 30.4 Å². The average Bonchev–Trinajstić information content (AvgIpc) is 2.80. The van der Waals surface area contributed by atoms with Crippen LogP contribution in [0.25, 0.3) is 0 Å². The van der Waals surface area contributed by atoms with Crippen LogP contribution in [0.3, 0.4) is 0 Å². The zero-order chi connectivity index (χ0) is 18.5. The number of halogens is 1.